The topological polar surface area (TPSA) is 181 Å². The Hall–Kier alpha value is -2.40. The number of hydrogen-bond donors (Lipinski definition) is 3. The molecule has 1 aromatic heterocycles. The first kappa shape index (κ1) is 19.9. The Kier molecular flexibility index (Phi) is 5.34. The van der Waals surface area contributed by atoms with Crippen molar-refractivity contribution in [3.8, 4) is 0 Å². The fraction of sp³-hybridized carbons (Fsp3) is 0.769. The molecule has 3 N–H and O–H groups in total. The first-order valence-electron chi connectivity index (χ1n) is 8.96. The van der Waals surface area contributed by atoms with Crippen molar-refractivity contribution in [3.05, 3.63) is 6.33 Å². The van der Waals surface area contributed by atoms with Gasteiger partial charge in [0.15, 0.2) is 6.33 Å². The first-order chi connectivity index (χ1) is 13.8. The molecule has 4 atom stereocenters. The molecule has 16 heteroatoms. The van der Waals surface area contributed by atoms with Crippen molar-refractivity contribution in [2.45, 2.75) is 43.4 Å². The Balaban J connectivity index is 1.25. The highest BCUT2D eigenvalue weighted by atomic mass is 32.3. The number of carbonyl (C=O) groups excluding carboxylic acids is 2. The molecule has 160 valence electrons. The number of tetrazole rings is 1. The molecule has 15 nitrogen and oxygen atoms in total. The summed E-state index contributed by atoms with van der Waals surface area (Å²) in [5, 5.41) is 15.4. The Morgan fingerprint density at radius 3 is 2.93 bits per heavy atom. The summed E-state index contributed by atoms with van der Waals surface area (Å²) in [6, 6.07) is -2.15. The molecule has 2 bridgehead atoms. The average molecular weight is 432 g/mol. The highest BCUT2D eigenvalue weighted by Crippen LogP contribution is 2.30. The van der Waals surface area contributed by atoms with Crippen LogP contribution in [-0.4, -0.2) is 92.9 Å². The zero-order chi connectivity index (χ0) is 20.6. The Morgan fingerprint density at radius 1 is 1.38 bits per heavy atom. The van der Waals surface area contributed by atoms with Gasteiger partial charge in [0.05, 0.1) is 18.7 Å². The summed E-state index contributed by atoms with van der Waals surface area (Å²) >= 11 is 0. The van der Waals surface area contributed by atoms with Gasteiger partial charge in [-0.3, -0.25) is 14.2 Å². The van der Waals surface area contributed by atoms with Crippen LogP contribution in [0.25, 0.3) is 0 Å². The maximum absolute atomic E-state index is 12.4. The van der Waals surface area contributed by atoms with Crippen LogP contribution in [-0.2, 0) is 24.3 Å². The minimum Gasteiger partial charge on any atom is -0.309 e. The lowest BCUT2D eigenvalue weighted by Gasteiger charge is -2.29. The molecule has 3 amide bonds. The Morgan fingerprint density at radius 2 is 2.21 bits per heavy atom. The Bertz CT molecular complexity index is 865. The molecular weight excluding hydrogens is 412 g/mol. The number of nitrogens with zero attached hydrogens (tertiary/aromatic N) is 6. The lowest BCUT2D eigenvalue weighted by atomic mass is 10.0. The molecule has 3 aliphatic heterocycles. The van der Waals surface area contributed by atoms with E-state index >= 15 is 0 Å². The maximum atomic E-state index is 12.4. The zero-order valence-electron chi connectivity index (χ0n) is 15.1. The van der Waals surface area contributed by atoms with E-state index in [2.05, 4.69) is 30.5 Å². The van der Waals surface area contributed by atoms with Gasteiger partial charge in [-0.2, -0.15) is 18.3 Å². The SMILES string of the molecule is O=C(NOC[C@H]1C[C@@H](n2ncnn2)CN1)C1CCC2CN1C(=O)N2OS(=O)(=O)O. The van der Waals surface area contributed by atoms with E-state index in [1.54, 1.807) is 0 Å². The van der Waals surface area contributed by atoms with Crippen LogP contribution in [0.4, 0.5) is 4.79 Å². The molecule has 3 fully saturated rings. The van der Waals surface area contributed by atoms with E-state index in [0.29, 0.717) is 30.9 Å². The summed E-state index contributed by atoms with van der Waals surface area (Å²) in [5.41, 5.74) is 2.35. The molecule has 4 heterocycles. The number of rotatable bonds is 7. The van der Waals surface area contributed by atoms with Gasteiger partial charge in [-0.1, -0.05) is 0 Å². The van der Waals surface area contributed by atoms with Crippen LogP contribution in [0.3, 0.4) is 0 Å². The van der Waals surface area contributed by atoms with E-state index in [0.717, 1.165) is 0 Å². The van der Waals surface area contributed by atoms with Gasteiger partial charge in [0.25, 0.3) is 5.91 Å². The van der Waals surface area contributed by atoms with Crippen molar-refractivity contribution in [3.63, 3.8) is 0 Å². The smallest absolute Gasteiger partial charge is 0.309 e. The van der Waals surface area contributed by atoms with Crippen LogP contribution in [0.2, 0.25) is 0 Å². The summed E-state index contributed by atoms with van der Waals surface area (Å²) in [5.74, 6) is -0.516. The summed E-state index contributed by atoms with van der Waals surface area (Å²) in [7, 11) is -4.83. The van der Waals surface area contributed by atoms with Crippen LogP contribution in [0.1, 0.15) is 25.3 Å². The molecule has 3 saturated heterocycles. The quantitative estimate of drug-likeness (QED) is 0.309. The Labute approximate surface area is 165 Å². The number of aromatic nitrogens is 4. The van der Waals surface area contributed by atoms with Crippen molar-refractivity contribution < 1.29 is 31.7 Å². The molecule has 29 heavy (non-hydrogen) atoms. The van der Waals surface area contributed by atoms with E-state index in [1.807, 2.05) is 0 Å². The minimum absolute atomic E-state index is 0.0193. The van der Waals surface area contributed by atoms with E-state index in [9.17, 15) is 18.0 Å². The number of piperidine rings is 1. The second kappa shape index (κ2) is 7.79. The van der Waals surface area contributed by atoms with Gasteiger partial charge in [0.1, 0.15) is 6.04 Å². The van der Waals surface area contributed by atoms with Crippen molar-refractivity contribution in [1.82, 2.24) is 41.0 Å². The number of nitrogens with one attached hydrogen (secondary N) is 2. The highest BCUT2D eigenvalue weighted by molar-refractivity contribution is 7.80. The van der Waals surface area contributed by atoms with Crippen molar-refractivity contribution in [2.24, 2.45) is 0 Å². The predicted molar refractivity (Wildman–Crippen MR) is 90.7 cm³/mol. The van der Waals surface area contributed by atoms with Crippen molar-refractivity contribution >= 4 is 22.3 Å². The minimum atomic E-state index is -4.83. The monoisotopic (exact) mass is 432 g/mol. The predicted octanol–water partition coefficient (Wildman–Crippen LogP) is -2.37. The molecule has 0 radical (unpaired) electrons. The largest absolute Gasteiger partial charge is 0.418 e. The van der Waals surface area contributed by atoms with E-state index < -0.39 is 34.4 Å². The van der Waals surface area contributed by atoms with Gasteiger partial charge in [0, 0.05) is 19.1 Å². The van der Waals surface area contributed by atoms with Gasteiger partial charge >= 0.3 is 16.4 Å². The van der Waals surface area contributed by atoms with Gasteiger partial charge in [-0.05, 0) is 24.5 Å². The second-order valence-corrected chi connectivity index (χ2v) is 8.04. The third-order valence-corrected chi connectivity index (χ3v) is 5.50. The third-order valence-electron chi connectivity index (χ3n) is 5.15. The molecule has 2 unspecified atom stereocenters. The lowest BCUT2D eigenvalue weighted by molar-refractivity contribution is -0.139. The normalized spacial score (nSPS) is 29.5. The van der Waals surface area contributed by atoms with Gasteiger partial charge in [-0.15, -0.1) is 14.5 Å². The van der Waals surface area contributed by atoms with Gasteiger partial charge in [0.2, 0.25) is 0 Å². The van der Waals surface area contributed by atoms with Crippen molar-refractivity contribution in [2.75, 3.05) is 19.7 Å². The van der Waals surface area contributed by atoms with Crippen LogP contribution >= 0.6 is 0 Å². The molecule has 1 aromatic rings. The molecular formula is C13H20N8O7S. The molecule has 0 spiro atoms. The molecule has 3 aliphatic rings. The number of fused-ring (bicyclic) bond motifs is 2. The second-order valence-electron chi connectivity index (χ2n) is 7.04. The van der Waals surface area contributed by atoms with Gasteiger partial charge in [-0.25, -0.2) is 10.3 Å². The molecule has 0 saturated carbocycles. The lowest BCUT2D eigenvalue weighted by Crippen LogP contribution is -2.50. The van der Waals surface area contributed by atoms with Crippen LogP contribution in [0, 0.1) is 0 Å². The number of urea groups is 1. The van der Waals surface area contributed by atoms with Crippen LogP contribution in [0.15, 0.2) is 6.33 Å². The number of carbonyl (C=O) groups is 2. The zero-order valence-corrected chi connectivity index (χ0v) is 15.9. The summed E-state index contributed by atoms with van der Waals surface area (Å²) in [6.07, 6.45) is 2.70. The van der Waals surface area contributed by atoms with Gasteiger partial charge < -0.3 is 10.2 Å². The number of hydrogen-bond acceptors (Lipinski definition) is 10. The first-order valence-corrected chi connectivity index (χ1v) is 10.3. The van der Waals surface area contributed by atoms with Crippen molar-refractivity contribution in [1.29, 1.82) is 0 Å². The summed E-state index contributed by atoms with van der Waals surface area (Å²) < 4.78 is 34.9. The maximum Gasteiger partial charge on any atom is 0.418 e. The van der Waals surface area contributed by atoms with E-state index in [1.165, 1.54) is 16.0 Å². The molecule has 0 aromatic carbocycles. The van der Waals surface area contributed by atoms with Crippen LogP contribution in [0.5, 0.6) is 0 Å². The fourth-order valence-electron chi connectivity index (χ4n) is 3.83. The summed E-state index contributed by atoms with van der Waals surface area (Å²) in [6.45, 7) is 0.968. The number of hydroxylamine groups is 3. The third kappa shape index (κ3) is 4.30. The highest BCUT2D eigenvalue weighted by Gasteiger charge is 2.49. The molecule has 0 aliphatic carbocycles. The van der Waals surface area contributed by atoms with E-state index in [-0.39, 0.29) is 25.2 Å². The molecule has 4 rings (SSSR count). The standard InChI is InChI=1S/C13H20N8O7S/c22-12(17-27-6-8-3-10(4-14-8)21-16-7-15-18-21)11-2-1-9-5-19(11)13(23)20(9)28-29(24,25)26/h7-11,14H,1-6H2,(H,17,22)(H,24,25,26)/t8-,9?,10-,11?/m1/s1. The summed E-state index contributed by atoms with van der Waals surface area (Å²) in [4.78, 5) is 32.8. The average Bonchev–Trinajstić information content (AvgIpc) is 3.39. The van der Waals surface area contributed by atoms with E-state index in [4.69, 9.17) is 9.39 Å². The number of amides is 3. The fourth-order valence-corrected chi connectivity index (χ4v) is 4.22. The van der Waals surface area contributed by atoms with Crippen LogP contribution < -0.4 is 10.8 Å².